The number of alkyl halides is 3. The molecule has 0 radical (unpaired) electrons. The molecule has 3 N–H and O–H groups in total. The standard InChI is InChI=1S/C30H30ClF3N4O4S/c1-29(2,3)42-27(40)36-20-5-4-6-21(14-20)38-26(39)25(43-28(38)41)22(16-8-10-24-18(11-16)15-35-37-24)12-17-7-9-19(31)13-23(17)30(32,33)34/h7-13,15,20-21,39H,4-6,14H2,1-3H3,(H,35,37)(H,36,40). The molecule has 0 spiro atoms. The lowest BCUT2D eigenvalue weighted by Crippen LogP contribution is -2.42. The summed E-state index contributed by atoms with van der Waals surface area (Å²) in [6.45, 7) is 5.29. The molecule has 228 valence electrons. The van der Waals surface area contributed by atoms with Gasteiger partial charge >= 0.3 is 17.1 Å². The maximum atomic E-state index is 14.0. The minimum atomic E-state index is -4.70. The Hall–Kier alpha value is -3.77. The Kier molecular flexibility index (Phi) is 8.36. The first kappa shape index (κ1) is 30.7. The maximum Gasteiger partial charge on any atom is 0.417 e. The Balaban J connectivity index is 1.57. The Morgan fingerprint density at radius 1 is 1.21 bits per heavy atom. The van der Waals surface area contributed by atoms with Crippen LogP contribution >= 0.6 is 22.9 Å². The number of alkyl carbamates (subject to hydrolysis) is 1. The van der Waals surface area contributed by atoms with Crippen LogP contribution in [0.2, 0.25) is 5.02 Å². The largest absolute Gasteiger partial charge is 0.493 e. The number of fused-ring (bicyclic) bond motifs is 1. The number of hydrogen-bond acceptors (Lipinski definition) is 6. The average Bonchev–Trinajstić information content (AvgIpc) is 3.49. The topological polar surface area (TPSA) is 109 Å². The molecule has 1 amide bonds. The summed E-state index contributed by atoms with van der Waals surface area (Å²) in [7, 11) is 0. The van der Waals surface area contributed by atoms with Crippen molar-refractivity contribution >= 4 is 51.6 Å². The minimum Gasteiger partial charge on any atom is -0.493 e. The van der Waals surface area contributed by atoms with Crippen LogP contribution in [0.15, 0.2) is 47.4 Å². The monoisotopic (exact) mass is 634 g/mol. The third-order valence-electron chi connectivity index (χ3n) is 7.17. The van der Waals surface area contributed by atoms with Gasteiger partial charge in [-0.05, 0) is 87.9 Å². The molecule has 0 saturated heterocycles. The van der Waals surface area contributed by atoms with Gasteiger partial charge in [0.15, 0.2) is 0 Å². The number of halogens is 4. The highest BCUT2D eigenvalue weighted by Gasteiger charge is 2.34. The van der Waals surface area contributed by atoms with Crippen LogP contribution in [0.3, 0.4) is 0 Å². The Labute approximate surface area is 254 Å². The number of H-pyrrole nitrogens is 1. The smallest absolute Gasteiger partial charge is 0.417 e. The summed E-state index contributed by atoms with van der Waals surface area (Å²) in [4.78, 5) is 25.4. The second kappa shape index (κ2) is 11.7. The number of aromatic amines is 1. The molecule has 13 heteroatoms. The zero-order valence-corrected chi connectivity index (χ0v) is 25.2. The fraction of sp³-hybridized carbons (Fsp3) is 0.367. The molecule has 2 aromatic heterocycles. The first-order chi connectivity index (χ1) is 20.2. The lowest BCUT2D eigenvalue weighted by Gasteiger charge is -2.31. The molecule has 1 fully saturated rings. The number of nitrogens with one attached hydrogen (secondary N) is 2. The molecule has 2 heterocycles. The van der Waals surface area contributed by atoms with Gasteiger partial charge in [0.05, 0.1) is 17.3 Å². The summed E-state index contributed by atoms with van der Waals surface area (Å²) in [5.74, 6) is -0.348. The molecular formula is C30H30ClF3N4O4S. The van der Waals surface area contributed by atoms with Crippen molar-refractivity contribution in [3.63, 3.8) is 0 Å². The third kappa shape index (κ3) is 6.91. The number of carbonyl (C=O) groups excluding carboxylic acids is 1. The van der Waals surface area contributed by atoms with Crippen LogP contribution in [0.4, 0.5) is 18.0 Å². The summed E-state index contributed by atoms with van der Waals surface area (Å²) in [6.07, 6.45) is -0.0727. The van der Waals surface area contributed by atoms with Crippen LogP contribution in [-0.4, -0.2) is 37.6 Å². The second-order valence-corrected chi connectivity index (χ2v) is 12.9. The SMILES string of the molecule is CC(C)(C)OC(=O)NC1CCCC(n2c(O)c(C(=Cc3ccc(Cl)cc3C(F)(F)F)c3ccc4[nH]ncc4c3)sc2=O)C1. The van der Waals surface area contributed by atoms with Crippen molar-refractivity contribution in [2.75, 3.05) is 0 Å². The highest BCUT2D eigenvalue weighted by Crippen LogP contribution is 2.41. The van der Waals surface area contributed by atoms with Crippen molar-refractivity contribution in [2.45, 2.75) is 70.3 Å². The zero-order chi connectivity index (χ0) is 31.1. The number of ether oxygens (including phenoxy) is 1. The molecule has 0 aliphatic heterocycles. The number of carbonyl (C=O) groups is 1. The highest BCUT2D eigenvalue weighted by molar-refractivity contribution is 7.11. The minimum absolute atomic E-state index is 0.0728. The Bertz CT molecular complexity index is 1750. The third-order valence-corrected chi connectivity index (χ3v) is 8.38. The summed E-state index contributed by atoms with van der Waals surface area (Å²) in [5, 5.41) is 21.8. The highest BCUT2D eigenvalue weighted by atomic mass is 35.5. The van der Waals surface area contributed by atoms with Crippen LogP contribution in [0.25, 0.3) is 22.6 Å². The molecule has 2 atom stereocenters. The van der Waals surface area contributed by atoms with E-state index in [-0.39, 0.29) is 33.0 Å². The maximum absolute atomic E-state index is 14.0. The number of nitrogens with zero attached hydrogens (tertiary/aromatic N) is 2. The fourth-order valence-corrected chi connectivity index (χ4v) is 6.48. The van der Waals surface area contributed by atoms with Crippen molar-refractivity contribution in [3.8, 4) is 5.88 Å². The Morgan fingerprint density at radius 2 is 1.98 bits per heavy atom. The number of thiazole rings is 1. The van der Waals surface area contributed by atoms with Gasteiger partial charge in [0.1, 0.15) is 10.5 Å². The molecule has 1 saturated carbocycles. The summed E-state index contributed by atoms with van der Waals surface area (Å²) in [5.41, 5.74) is -0.371. The molecular weight excluding hydrogens is 605 g/mol. The molecule has 4 aromatic rings. The van der Waals surface area contributed by atoms with E-state index in [0.717, 1.165) is 17.4 Å². The quantitative estimate of drug-likeness (QED) is 0.194. The number of amides is 1. The lowest BCUT2D eigenvalue weighted by molar-refractivity contribution is -0.137. The van der Waals surface area contributed by atoms with Gasteiger partial charge in [-0.2, -0.15) is 18.3 Å². The van der Waals surface area contributed by atoms with E-state index in [4.69, 9.17) is 16.3 Å². The predicted octanol–water partition coefficient (Wildman–Crippen LogP) is 7.76. The van der Waals surface area contributed by atoms with Gasteiger partial charge < -0.3 is 15.2 Å². The Morgan fingerprint density at radius 3 is 2.70 bits per heavy atom. The van der Waals surface area contributed by atoms with E-state index in [1.165, 1.54) is 22.8 Å². The number of aromatic nitrogens is 3. The predicted molar refractivity (Wildman–Crippen MR) is 160 cm³/mol. The number of hydrogen-bond donors (Lipinski definition) is 3. The van der Waals surface area contributed by atoms with Crippen LogP contribution in [-0.2, 0) is 10.9 Å². The summed E-state index contributed by atoms with van der Waals surface area (Å²) in [6, 6.07) is 7.86. The zero-order valence-electron chi connectivity index (χ0n) is 23.6. The van der Waals surface area contributed by atoms with E-state index in [0.29, 0.717) is 42.1 Å². The second-order valence-electron chi connectivity index (χ2n) is 11.5. The van der Waals surface area contributed by atoms with Crippen molar-refractivity contribution < 1.29 is 27.8 Å². The van der Waals surface area contributed by atoms with Crippen molar-refractivity contribution in [1.82, 2.24) is 20.1 Å². The average molecular weight is 635 g/mol. The molecule has 2 unspecified atom stereocenters. The van der Waals surface area contributed by atoms with Crippen LogP contribution in [0.1, 0.15) is 74.1 Å². The van der Waals surface area contributed by atoms with Gasteiger partial charge in [-0.3, -0.25) is 14.5 Å². The first-order valence-corrected chi connectivity index (χ1v) is 14.8. The van der Waals surface area contributed by atoms with Crippen LogP contribution < -0.4 is 10.2 Å². The van der Waals surface area contributed by atoms with Gasteiger partial charge in [0.25, 0.3) is 0 Å². The van der Waals surface area contributed by atoms with Crippen molar-refractivity contribution in [2.24, 2.45) is 0 Å². The van der Waals surface area contributed by atoms with Gasteiger partial charge in [-0.15, -0.1) is 0 Å². The molecule has 2 aromatic carbocycles. The molecule has 43 heavy (non-hydrogen) atoms. The van der Waals surface area contributed by atoms with Gasteiger partial charge in [-0.1, -0.05) is 35.1 Å². The molecule has 1 aliphatic carbocycles. The summed E-state index contributed by atoms with van der Waals surface area (Å²) >= 11 is 6.66. The molecule has 8 nitrogen and oxygen atoms in total. The molecule has 0 bridgehead atoms. The van der Waals surface area contributed by atoms with E-state index >= 15 is 0 Å². The van der Waals surface area contributed by atoms with Gasteiger partial charge in [0.2, 0.25) is 5.88 Å². The van der Waals surface area contributed by atoms with Gasteiger partial charge in [-0.25, -0.2) is 4.79 Å². The first-order valence-electron chi connectivity index (χ1n) is 13.7. The lowest BCUT2D eigenvalue weighted by atomic mass is 9.90. The number of benzene rings is 2. The van der Waals surface area contributed by atoms with E-state index in [2.05, 4.69) is 15.5 Å². The van der Waals surface area contributed by atoms with Gasteiger partial charge in [0, 0.05) is 28.1 Å². The van der Waals surface area contributed by atoms with Crippen molar-refractivity contribution in [3.05, 3.63) is 78.9 Å². The van der Waals surface area contributed by atoms with E-state index in [1.807, 2.05) is 0 Å². The summed E-state index contributed by atoms with van der Waals surface area (Å²) < 4.78 is 48.7. The number of aromatic hydroxyl groups is 1. The molecule has 5 rings (SSSR count). The molecule has 1 aliphatic rings. The van der Waals surface area contributed by atoms with E-state index in [1.54, 1.807) is 45.2 Å². The van der Waals surface area contributed by atoms with Crippen LogP contribution in [0.5, 0.6) is 5.88 Å². The number of rotatable bonds is 5. The van der Waals surface area contributed by atoms with Crippen LogP contribution in [0, 0.1) is 0 Å². The van der Waals surface area contributed by atoms with Crippen molar-refractivity contribution in [1.29, 1.82) is 0 Å². The fourth-order valence-electron chi connectivity index (χ4n) is 5.32. The van der Waals surface area contributed by atoms with E-state index in [9.17, 15) is 27.9 Å². The normalized spacial score (nSPS) is 18.2. The van der Waals surface area contributed by atoms with E-state index < -0.39 is 34.3 Å².